The van der Waals surface area contributed by atoms with E-state index in [4.69, 9.17) is 4.84 Å². The van der Waals surface area contributed by atoms with Crippen molar-refractivity contribution in [1.82, 2.24) is 4.98 Å². The molecule has 2 rings (SSSR count). The SMILES string of the molecule is CO/N=C1\CCc2ccncc21. The first-order chi connectivity index (χ1) is 5.92. The van der Waals surface area contributed by atoms with Gasteiger partial charge in [-0.1, -0.05) is 5.16 Å². The van der Waals surface area contributed by atoms with Crippen LogP contribution in [0.2, 0.25) is 0 Å². The van der Waals surface area contributed by atoms with E-state index in [1.54, 1.807) is 7.11 Å². The minimum absolute atomic E-state index is 0.967. The fourth-order valence-corrected chi connectivity index (χ4v) is 1.49. The van der Waals surface area contributed by atoms with E-state index < -0.39 is 0 Å². The van der Waals surface area contributed by atoms with Gasteiger partial charge in [-0.25, -0.2) is 0 Å². The Morgan fingerprint density at radius 1 is 1.50 bits per heavy atom. The van der Waals surface area contributed by atoms with Gasteiger partial charge in [-0.3, -0.25) is 4.98 Å². The molecule has 0 saturated carbocycles. The van der Waals surface area contributed by atoms with Crippen LogP contribution >= 0.6 is 0 Å². The molecule has 3 heteroatoms. The van der Waals surface area contributed by atoms with Gasteiger partial charge in [0.2, 0.25) is 0 Å². The van der Waals surface area contributed by atoms with E-state index in [1.165, 1.54) is 5.56 Å². The van der Waals surface area contributed by atoms with Crippen molar-refractivity contribution in [2.24, 2.45) is 5.16 Å². The number of aryl methyl sites for hydroxylation is 1. The number of fused-ring (bicyclic) bond motifs is 1. The zero-order valence-corrected chi connectivity index (χ0v) is 6.95. The molecule has 0 saturated heterocycles. The maximum absolute atomic E-state index is 4.74. The summed E-state index contributed by atoms with van der Waals surface area (Å²) in [6.45, 7) is 0. The molecule has 0 atom stereocenters. The normalized spacial score (nSPS) is 17.9. The Hall–Kier alpha value is -1.38. The first kappa shape index (κ1) is 7.28. The smallest absolute Gasteiger partial charge is 0.106 e. The molecule has 0 fully saturated rings. The molecular formula is C9H10N2O. The third-order valence-corrected chi connectivity index (χ3v) is 2.05. The van der Waals surface area contributed by atoms with E-state index >= 15 is 0 Å². The van der Waals surface area contributed by atoms with Gasteiger partial charge in [-0.2, -0.15) is 0 Å². The maximum Gasteiger partial charge on any atom is 0.106 e. The second-order valence-electron chi connectivity index (χ2n) is 2.75. The number of nitrogens with zero attached hydrogens (tertiary/aromatic N) is 2. The number of pyridine rings is 1. The van der Waals surface area contributed by atoms with Crippen molar-refractivity contribution in [2.45, 2.75) is 12.8 Å². The molecule has 0 N–H and O–H groups in total. The highest BCUT2D eigenvalue weighted by molar-refractivity contribution is 6.03. The van der Waals surface area contributed by atoms with Gasteiger partial charge in [-0.05, 0) is 24.5 Å². The fourth-order valence-electron chi connectivity index (χ4n) is 1.49. The average Bonchev–Trinajstić information content (AvgIpc) is 2.50. The molecule has 3 nitrogen and oxygen atoms in total. The minimum Gasteiger partial charge on any atom is -0.399 e. The average molecular weight is 162 g/mol. The predicted octanol–water partition coefficient (Wildman–Crippen LogP) is 1.38. The lowest BCUT2D eigenvalue weighted by molar-refractivity contribution is 0.213. The Morgan fingerprint density at radius 2 is 2.42 bits per heavy atom. The summed E-state index contributed by atoms with van der Waals surface area (Å²) in [7, 11) is 1.57. The van der Waals surface area contributed by atoms with E-state index in [9.17, 15) is 0 Å². The van der Waals surface area contributed by atoms with Crippen molar-refractivity contribution in [3.63, 3.8) is 0 Å². The van der Waals surface area contributed by atoms with E-state index in [0.29, 0.717) is 0 Å². The molecule has 0 aliphatic heterocycles. The Kier molecular flexibility index (Phi) is 1.78. The summed E-state index contributed by atoms with van der Waals surface area (Å²) in [4.78, 5) is 8.80. The molecule has 1 heterocycles. The molecule has 0 spiro atoms. The van der Waals surface area contributed by atoms with Crippen molar-refractivity contribution >= 4 is 5.71 Å². The number of aromatic nitrogens is 1. The highest BCUT2D eigenvalue weighted by atomic mass is 16.6. The summed E-state index contributed by atoms with van der Waals surface area (Å²) in [5, 5.41) is 3.94. The number of hydrogen-bond donors (Lipinski definition) is 0. The Bertz CT molecular complexity index is 320. The molecule has 0 bridgehead atoms. The first-order valence-electron chi connectivity index (χ1n) is 3.95. The molecule has 0 aromatic carbocycles. The van der Waals surface area contributed by atoms with Crippen LogP contribution in [0.4, 0.5) is 0 Å². The van der Waals surface area contributed by atoms with Crippen LogP contribution in [0.15, 0.2) is 23.6 Å². The van der Waals surface area contributed by atoms with Crippen molar-refractivity contribution in [3.8, 4) is 0 Å². The first-order valence-corrected chi connectivity index (χ1v) is 3.95. The molecule has 62 valence electrons. The van der Waals surface area contributed by atoms with Crippen LogP contribution in [0.25, 0.3) is 0 Å². The summed E-state index contributed by atoms with van der Waals surface area (Å²) >= 11 is 0. The zero-order chi connectivity index (χ0) is 8.39. The minimum atomic E-state index is 0.967. The predicted molar refractivity (Wildman–Crippen MR) is 46.1 cm³/mol. The number of hydrogen-bond acceptors (Lipinski definition) is 3. The van der Waals surface area contributed by atoms with Gasteiger partial charge in [0.25, 0.3) is 0 Å². The van der Waals surface area contributed by atoms with E-state index in [2.05, 4.69) is 10.1 Å². The Balaban J connectivity index is 2.43. The van der Waals surface area contributed by atoms with Gasteiger partial charge in [0, 0.05) is 18.0 Å². The van der Waals surface area contributed by atoms with Crippen molar-refractivity contribution in [2.75, 3.05) is 7.11 Å². The Labute approximate surface area is 71.1 Å². The summed E-state index contributed by atoms with van der Waals surface area (Å²) in [6.07, 6.45) is 5.68. The topological polar surface area (TPSA) is 34.5 Å². The lowest BCUT2D eigenvalue weighted by Crippen LogP contribution is -1.95. The summed E-state index contributed by atoms with van der Waals surface area (Å²) < 4.78 is 0. The van der Waals surface area contributed by atoms with Gasteiger partial charge in [0.05, 0.1) is 5.71 Å². The van der Waals surface area contributed by atoms with Gasteiger partial charge in [-0.15, -0.1) is 0 Å². The second kappa shape index (κ2) is 2.93. The molecule has 1 aliphatic carbocycles. The molecule has 1 aromatic heterocycles. The second-order valence-corrected chi connectivity index (χ2v) is 2.75. The van der Waals surface area contributed by atoms with Gasteiger partial charge < -0.3 is 4.84 Å². The monoisotopic (exact) mass is 162 g/mol. The third-order valence-electron chi connectivity index (χ3n) is 2.05. The molecule has 12 heavy (non-hydrogen) atoms. The Morgan fingerprint density at radius 3 is 3.25 bits per heavy atom. The van der Waals surface area contributed by atoms with E-state index in [-0.39, 0.29) is 0 Å². The van der Waals surface area contributed by atoms with Gasteiger partial charge in [0.1, 0.15) is 7.11 Å². The van der Waals surface area contributed by atoms with E-state index in [1.807, 2.05) is 18.5 Å². The quantitative estimate of drug-likeness (QED) is 0.584. The van der Waals surface area contributed by atoms with E-state index in [0.717, 1.165) is 24.1 Å². The van der Waals surface area contributed by atoms with Crippen LogP contribution in [0, 0.1) is 0 Å². The number of rotatable bonds is 1. The largest absolute Gasteiger partial charge is 0.399 e. The highest BCUT2D eigenvalue weighted by Crippen LogP contribution is 2.20. The molecule has 0 unspecified atom stereocenters. The lowest BCUT2D eigenvalue weighted by atomic mass is 10.2. The molecule has 0 radical (unpaired) electrons. The molecular weight excluding hydrogens is 152 g/mol. The van der Waals surface area contributed by atoms with Crippen molar-refractivity contribution < 1.29 is 4.84 Å². The van der Waals surface area contributed by atoms with Crippen molar-refractivity contribution in [3.05, 3.63) is 29.6 Å². The van der Waals surface area contributed by atoms with Gasteiger partial charge >= 0.3 is 0 Å². The zero-order valence-electron chi connectivity index (χ0n) is 6.95. The van der Waals surface area contributed by atoms with Crippen LogP contribution in [0.3, 0.4) is 0 Å². The fraction of sp³-hybridized carbons (Fsp3) is 0.333. The maximum atomic E-state index is 4.74. The molecule has 0 amide bonds. The van der Waals surface area contributed by atoms with Crippen LogP contribution in [0.5, 0.6) is 0 Å². The van der Waals surface area contributed by atoms with Crippen LogP contribution in [-0.2, 0) is 11.3 Å². The van der Waals surface area contributed by atoms with Gasteiger partial charge in [0.15, 0.2) is 0 Å². The van der Waals surface area contributed by atoms with Crippen molar-refractivity contribution in [1.29, 1.82) is 0 Å². The summed E-state index contributed by atoms with van der Waals surface area (Å²) in [5.74, 6) is 0. The lowest BCUT2D eigenvalue weighted by Gasteiger charge is -1.96. The number of oxime groups is 1. The molecule has 1 aromatic rings. The van der Waals surface area contributed by atoms with Crippen LogP contribution in [-0.4, -0.2) is 17.8 Å². The van der Waals surface area contributed by atoms with Crippen LogP contribution < -0.4 is 0 Å². The summed E-state index contributed by atoms with van der Waals surface area (Å²) in [6, 6.07) is 2.04. The summed E-state index contributed by atoms with van der Waals surface area (Å²) in [5.41, 5.74) is 3.47. The standard InChI is InChI=1S/C9H10N2O/c1-12-11-9-3-2-7-4-5-10-6-8(7)9/h4-6H,2-3H2,1H3/b11-9+. The molecule has 1 aliphatic rings. The van der Waals surface area contributed by atoms with Crippen LogP contribution in [0.1, 0.15) is 17.5 Å². The third kappa shape index (κ3) is 1.07. The highest BCUT2D eigenvalue weighted by Gasteiger charge is 2.17.